The van der Waals surface area contributed by atoms with Crippen molar-refractivity contribution in [3.8, 4) is 0 Å². The Morgan fingerprint density at radius 3 is 2.39 bits per heavy atom. The van der Waals surface area contributed by atoms with Gasteiger partial charge in [0.15, 0.2) is 0 Å². The quantitative estimate of drug-likeness (QED) is 0.533. The maximum absolute atomic E-state index is 9.49. The lowest BCUT2D eigenvalue weighted by Crippen LogP contribution is -2.46. The molecule has 0 radical (unpaired) electrons. The molecule has 2 nitrogen and oxygen atoms in total. The molecule has 1 unspecified atom stereocenters. The molecule has 0 bridgehead atoms. The predicted octanol–water partition coefficient (Wildman–Crippen LogP) is 3.58. The van der Waals surface area contributed by atoms with E-state index in [0.717, 1.165) is 6.42 Å². The molecule has 0 amide bonds. The van der Waals surface area contributed by atoms with Gasteiger partial charge in [0, 0.05) is 11.6 Å². The fourth-order valence-electron chi connectivity index (χ4n) is 2.19. The topological polar surface area (TPSA) is 32.3 Å². The molecule has 1 fully saturated rings. The summed E-state index contributed by atoms with van der Waals surface area (Å²) < 4.78 is 0. The van der Waals surface area contributed by atoms with Crippen LogP contribution in [0.1, 0.15) is 65.2 Å². The van der Waals surface area contributed by atoms with Crippen molar-refractivity contribution in [3.05, 3.63) is 0 Å². The van der Waals surface area contributed by atoms with E-state index in [1.165, 1.54) is 56.5 Å². The first-order valence-corrected chi connectivity index (χ1v) is 8.82. The maximum Gasteiger partial charge on any atom is 0.0610 e. The number of aliphatic hydroxyl groups excluding tert-OH is 1. The smallest absolute Gasteiger partial charge is 0.0610 e. The Bertz CT molecular complexity index is 209. The zero-order valence-electron chi connectivity index (χ0n) is 12.2. The van der Waals surface area contributed by atoms with Crippen molar-refractivity contribution >= 4 is 11.8 Å². The van der Waals surface area contributed by atoms with Gasteiger partial charge in [-0.2, -0.15) is 11.8 Å². The van der Waals surface area contributed by atoms with Crippen molar-refractivity contribution in [2.75, 3.05) is 18.1 Å². The van der Waals surface area contributed by atoms with Crippen LogP contribution in [0.25, 0.3) is 0 Å². The van der Waals surface area contributed by atoms with Crippen molar-refractivity contribution in [2.45, 2.75) is 76.8 Å². The minimum Gasteiger partial charge on any atom is -0.394 e. The van der Waals surface area contributed by atoms with E-state index in [9.17, 15) is 5.11 Å². The Morgan fingerprint density at radius 2 is 1.83 bits per heavy atom. The van der Waals surface area contributed by atoms with Crippen LogP contribution < -0.4 is 5.32 Å². The predicted molar refractivity (Wildman–Crippen MR) is 82.3 cm³/mol. The number of nitrogens with one attached hydrogen (secondary N) is 1. The molecular formula is C15H31NOS. The van der Waals surface area contributed by atoms with Crippen molar-refractivity contribution in [1.82, 2.24) is 5.32 Å². The Hall–Kier alpha value is 0.270. The normalized spacial score (nSPS) is 18.8. The molecule has 0 heterocycles. The van der Waals surface area contributed by atoms with Crippen molar-refractivity contribution < 1.29 is 5.11 Å². The molecule has 1 atom stereocenters. The Labute approximate surface area is 117 Å². The standard InChI is InChI=1S/C15H31NOS/c1-3-4-6-11-18-12-7-5-10-15(2,13-17)16-14-8-9-14/h14,16-17H,3-13H2,1-2H3. The molecule has 18 heavy (non-hydrogen) atoms. The molecule has 0 aliphatic heterocycles. The summed E-state index contributed by atoms with van der Waals surface area (Å²) in [4.78, 5) is 0. The van der Waals surface area contributed by atoms with Gasteiger partial charge in [-0.3, -0.25) is 0 Å². The molecule has 1 rings (SSSR count). The number of thioether (sulfide) groups is 1. The second kappa shape index (κ2) is 9.22. The molecule has 0 saturated heterocycles. The van der Waals surface area contributed by atoms with Crippen molar-refractivity contribution in [1.29, 1.82) is 0 Å². The van der Waals surface area contributed by atoms with E-state index >= 15 is 0 Å². The van der Waals surface area contributed by atoms with Crippen molar-refractivity contribution in [2.24, 2.45) is 0 Å². The van der Waals surface area contributed by atoms with Gasteiger partial charge in [-0.05, 0) is 50.5 Å². The van der Waals surface area contributed by atoms with E-state index in [1.54, 1.807) is 0 Å². The molecule has 2 N–H and O–H groups in total. The minimum atomic E-state index is -0.0337. The first-order chi connectivity index (χ1) is 8.70. The highest BCUT2D eigenvalue weighted by Crippen LogP contribution is 2.25. The van der Waals surface area contributed by atoms with Crippen LogP contribution in [-0.4, -0.2) is 34.8 Å². The molecule has 1 saturated carbocycles. The van der Waals surface area contributed by atoms with E-state index in [0.29, 0.717) is 6.04 Å². The molecule has 0 spiro atoms. The van der Waals surface area contributed by atoms with Crippen LogP contribution in [-0.2, 0) is 0 Å². The molecule has 0 aromatic carbocycles. The van der Waals surface area contributed by atoms with Crippen LogP contribution >= 0.6 is 11.8 Å². The first-order valence-electron chi connectivity index (χ1n) is 7.66. The van der Waals surface area contributed by atoms with E-state index < -0.39 is 0 Å². The van der Waals surface area contributed by atoms with Crippen LogP contribution in [0.3, 0.4) is 0 Å². The summed E-state index contributed by atoms with van der Waals surface area (Å²) >= 11 is 2.09. The zero-order chi connectivity index (χ0) is 13.3. The van der Waals surface area contributed by atoms with Gasteiger partial charge in [-0.25, -0.2) is 0 Å². The van der Waals surface area contributed by atoms with E-state index in [2.05, 4.69) is 30.9 Å². The summed E-state index contributed by atoms with van der Waals surface area (Å²) in [6, 6.07) is 0.686. The van der Waals surface area contributed by atoms with Gasteiger partial charge in [-0.15, -0.1) is 0 Å². The van der Waals surface area contributed by atoms with Gasteiger partial charge in [0.2, 0.25) is 0 Å². The first kappa shape index (κ1) is 16.3. The SMILES string of the molecule is CCCCCSCCCCC(C)(CO)NC1CC1. The van der Waals surface area contributed by atoms with Crippen LogP contribution in [0.15, 0.2) is 0 Å². The Kier molecular flexibility index (Phi) is 8.36. The summed E-state index contributed by atoms with van der Waals surface area (Å²) in [5.74, 6) is 2.61. The van der Waals surface area contributed by atoms with Crippen molar-refractivity contribution in [3.63, 3.8) is 0 Å². The number of rotatable bonds is 12. The summed E-state index contributed by atoms with van der Waals surface area (Å²) in [6.07, 6.45) is 10.3. The molecule has 1 aliphatic carbocycles. The van der Waals surface area contributed by atoms with Gasteiger partial charge in [0.25, 0.3) is 0 Å². The van der Waals surface area contributed by atoms with Crippen LogP contribution in [0.2, 0.25) is 0 Å². The highest BCUT2D eigenvalue weighted by atomic mass is 32.2. The lowest BCUT2D eigenvalue weighted by molar-refractivity contribution is 0.161. The lowest BCUT2D eigenvalue weighted by Gasteiger charge is -2.29. The largest absolute Gasteiger partial charge is 0.394 e. The van der Waals surface area contributed by atoms with Crippen LogP contribution in [0.4, 0.5) is 0 Å². The summed E-state index contributed by atoms with van der Waals surface area (Å²) in [7, 11) is 0. The van der Waals surface area contributed by atoms with Gasteiger partial charge in [0.1, 0.15) is 0 Å². The monoisotopic (exact) mass is 273 g/mol. The fourth-order valence-corrected chi connectivity index (χ4v) is 3.21. The van der Waals surface area contributed by atoms with Crippen LogP contribution in [0, 0.1) is 0 Å². The van der Waals surface area contributed by atoms with Crippen LogP contribution in [0.5, 0.6) is 0 Å². The molecule has 3 heteroatoms. The number of unbranched alkanes of at least 4 members (excludes halogenated alkanes) is 3. The number of aliphatic hydroxyl groups is 1. The van der Waals surface area contributed by atoms with Gasteiger partial charge in [0.05, 0.1) is 6.61 Å². The maximum atomic E-state index is 9.49. The summed E-state index contributed by atoms with van der Waals surface area (Å²) in [5, 5.41) is 13.1. The highest BCUT2D eigenvalue weighted by Gasteiger charge is 2.31. The third-order valence-electron chi connectivity index (χ3n) is 3.64. The average molecular weight is 273 g/mol. The zero-order valence-corrected chi connectivity index (χ0v) is 13.0. The average Bonchev–Trinajstić information content (AvgIpc) is 3.16. The third kappa shape index (κ3) is 7.65. The second-order valence-electron chi connectivity index (χ2n) is 5.91. The van der Waals surface area contributed by atoms with Gasteiger partial charge >= 0.3 is 0 Å². The highest BCUT2D eigenvalue weighted by molar-refractivity contribution is 7.99. The fraction of sp³-hybridized carbons (Fsp3) is 1.00. The molecular weight excluding hydrogens is 242 g/mol. The van der Waals surface area contributed by atoms with E-state index in [-0.39, 0.29) is 12.1 Å². The number of hydrogen-bond donors (Lipinski definition) is 2. The van der Waals surface area contributed by atoms with E-state index in [4.69, 9.17) is 0 Å². The number of hydrogen-bond acceptors (Lipinski definition) is 3. The molecule has 0 aromatic heterocycles. The summed E-state index contributed by atoms with van der Waals surface area (Å²) in [5.41, 5.74) is -0.0337. The minimum absolute atomic E-state index is 0.0337. The van der Waals surface area contributed by atoms with Gasteiger partial charge < -0.3 is 10.4 Å². The van der Waals surface area contributed by atoms with E-state index in [1.807, 2.05) is 0 Å². The molecule has 1 aliphatic rings. The lowest BCUT2D eigenvalue weighted by atomic mass is 9.96. The molecule has 108 valence electrons. The summed E-state index contributed by atoms with van der Waals surface area (Å²) in [6.45, 7) is 4.69. The Balaban J connectivity index is 1.94. The second-order valence-corrected chi connectivity index (χ2v) is 7.14. The third-order valence-corrected chi connectivity index (χ3v) is 4.79. The molecule has 0 aromatic rings. The van der Waals surface area contributed by atoms with Gasteiger partial charge in [-0.1, -0.05) is 26.2 Å². The Morgan fingerprint density at radius 1 is 1.17 bits per heavy atom.